The number of Topliss-reactive ketones (excluding diaryl/α,β-unsaturated/α-hetero) is 2. The van der Waals surface area contributed by atoms with E-state index in [2.05, 4.69) is 15.6 Å². The molecule has 0 amide bonds. The average molecular weight is 380 g/mol. The van der Waals surface area contributed by atoms with Crippen LogP contribution in [0.4, 0.5) is 5.69 Å². The van der Waals surface area contributed by atoms with Gasteiger partial charge in [0.15, 0.2) is 0 Å². The number of ketones is 2. The molecule has 1 aromatic heterocycles. The van der Waals surface area contributed by atoms with Gasteiger partial charge in [0.1, 0.15) is 16.9 Å². The molecule has 0 unspecified atom stereocenters. The Kier molecular flexibility index (Phi) is 3.84. The van der Waals surface area contributed by atoms with Crippen LogP contribution in [0, 0.1) is 6.92 Å². The molecule has 0 saturated heterocycles. The predicted molar refractivity (Wildman–Crippen MR) is 111 cm³/mol. The van der Waals surface area contributed by atoms with Crippen LogP contribution in [0.15, 0.2) is 78.5 Å². The van der Waals surface area contributed by atoms with Crippen LogP contribution in [-0.2, 0) is 0 Å². The molecule has 3 aromatic carbocycles. The van der Waals surface area contributed by atoms with Crippen LogP contribution in [0.3, 0.4) is 0 Å². The van der Waals surface area contributed by atoms with Gasteiger partial charge in [-0.05, 0) is 31.2 Å². The number of hydrogen-bond acceptors (Lipinski definition) is 5. The minimum absolute atomic E-state index is 0.169. The molecule has 0 saturated carbocycles. The third-order valence-corrected chi connectivity index (χ3v) is 4.98. The summed E-state index contributed by atoms with van der Waals surface area (Å²) in [6, 6.07) is 21.8. The number of carbonyl (C=O) groups is 2. The SMILES string of the molecule is Cc1ccc(NC2=C(n3nnc4ccccc43)C(=O)c3ccccc3C2=O)cc1. The van der Waals surface area contributed by atoms with Gasteiger partial charge in [-0.3, -0.25) is 9.59 Å². The smallest absolute Gasteiger partial charge is 0.214 e. The van der Waals surface area contributed by atoms with Crippen LogP contribution in [0.5, 0.6) is 0 Å². The van der Waals surface area contributed by atoms with Gasteiger partial charge in [0, 0.05) is 16.8 Å². The van der Waals surface area contributed by atoms with E-state index in [1.165, 1.54) is 4.68 Å². The quantitative estimate of drug-likeness (QED) is 0.579. The third kappa shape index (κ3) is 2.73. The first kappa shape index (κ1) is 17.1. The summed E-state index contributed by atoms with van der Waals surface area (Å²) in [7, 11) is 0. The number of carbonyl (C=O) groups excluding carboxylic acids is 2. The van der Waals surface area contributed by atoms with E-state index < -0.39 is 0 Å². The van der Waals surface area contributed by atoms with Crippen molar-refractivity contribution in [2.75, 3.05) is 5.32 Å². The molecule has 0 bridgehead atoms. The molecule has 0 spiro atoms. The van der Waals surface area contributed by atoms with E-state index >= 15 is 0 Å². The number of hydrogen-bond donors (Lipinski definition) is 1. The number of fused-ring (bicyclic) bond motifs is 2. The summed E-state index contributed by atoms with van der Waals surface area (Å²) in [5, 5.41) is 11.5. The molecule has 1 aliphatic rings. The summed E-state index contributed by atoms with van der Waals surface area (Å²) in [5.74, 6) is -0.527. The number of aromatic nitrogens is 3. The molecule has 1 aliphatic carbocycles. The Balaban J connectivity index is 1.75. The maximum atomic E-state index is 13.4. The van der Waals surface area contributed by atoms with Crippen LogP contribution in [0.25, 0.3) is 16.7 Å². The van der Waals surface area contributed by atoms with Gasteiger partial charge in [-0.2, -0.15) is 0 Å². The molecule has 6 heteroatoms. The number of benzene rings is 3. The van der Waals surface area contributed by atoms with E-state index in [4.69, 9.17) is 0 Å². The fourth-order valence-electron chi connectivity index (χ4n) is 3.50. The van der Waals surface area contributed by atoms with Crippen molar-refractivity contribution in [2.45, 2.75) is 6.92 Å². The van der Waals surface area contributed by atoms with Crippen molar-refractivity contribution in [3.05, 3.63) is 95.2 Å². The lowest BCUT2D eigenvalue weighted by Crippen LogP contribution is -2.28. The Bertz CT molecular complexity index is 1320. The standard InChI is InChI=1S/C23H16N4O2/c1-14-10-12-15(13-11-14)24-20-21(27-19-9-5-4-8-18(19)25-26-27)23(29)17-7-3-2-6-16(17)22(20)28/h2-13,24H,1H3. The number of anilines is 1. The van der Waals surface area contributed by atoms with E-state index in [1.54, 1.807) is 24.3 Å². The lowest BCUT2D eigenvalue weighted by Gasteiger charge is -2.22. The molecule has 6 nitrogen and oxygen atoms in total. The summed E-state index contributed by atoms with van der Waals surface area (Å²) >= 11 is 0. The highest BCUT2D eigenvalue weighted by Gasteiger charge is 2.34. The summed E-state index contributed by atoms with van der Waals surface area (Å²) in [4.78, 5) is 26.8. The lowest BCUT2D eigenvalue weighted by molar-refractivity contribution is 0.0988. The minimum Gasteiger partial charge on any atom is -0.350 e. The van der Waals surface area contributed by atoms with E-state index in [0.29, 0.717) is 27.8 Å². The molecule has 140 valence electrons. The first-order valence-corrected chi connectivity index (χ1v) is 9.21. The van der Waals surface area contributed by atoms with Gasteiger partial charge in [-0.25, -0.2) is 4.68 Å². The zero-order valence-electron chi connectivity index (χ0n) is 15.6. The second kappa shape index (κ2) is 6.53. The van der Waals surface area contributed by atoms with E-state index in [1.807, 2.05) is 55.5 Å². The monoisotopic (exact) mass is 380 g/mol. The molecule has 1 heterocycles. The highest BCUT2D eigenvalue weighted by Crippen LogP contribution is 2.31. The number of allylic oxidation sites excluding steroid dienone is 2. The van der Waals surface area contributed by atoms with Crippen molar-refractivity contribution in [2.24, 2.45) is 0 Å². The molecule has 0 atom stereocenters. The van der Waals surface area contributed by atoms with Gasteiger partial charge >= 0.3 is 0 Å². The van der Waals surface area contributed by atoms with Gasteiger partial charge in [-0.1, -0.05) is 59.3 Å². The van der Waals surface area contributed by atoms with Crippen molar-refractivity contribution >= 4 is 34.0 Å². The van der Waals surface area contributed by atoms with E-state index in [9.17, 15) is 9.59 Å². The van der Waals surface area contributed by atoms with Crippen molar-refractivity contribution in [1.82, 2.24) is 15.0 Å². The van der Waals surface area contributed by atoms with Crippen LogP contribution in [0.1, 0.15) is 26.3 Å². The summed E-state index contributed by atoms with van der Waals surface area (Å²) in [5.41, 5.74) is 4.22. The minimum atomic E-state index is -0.273. The van der Waals surface area contributed by atoms with Gasteiger partial charge in [0.25, 0.3) is 0 Å². The molecular weight excluding hydrogens is 364 g/mol. The van der Waals surface area contributed by atoms with Gasteiger partial charge < -0.3 is 5.32 Å². The van der Waals surface area contributed by atoms with Gasteiger partial charge in [0.2, 0.25) is 11.6 Å². The Hall–Kier alpha value is -4.06. The Morgan fingerprint density at radius 2 is 1.45 bits per heavy atom. The molecule has 0 radical (unpaired) electrons. The number of nitrogens with one attached hydrogen (secondary N) is 1. The summed E-state index contributed by atoms with van der Waals surface area (Å²) in [6.45, 7) is 1.99. The zero-order valence-corrected chi connectivity index (χ0v) is 15.6. The summed E-state index contributed by atoms with van der Waals surface area (Å²) in [6.07, 6.45) is 0. The van der Waals surface area contributed by atoms with Gasteiger partial charge in [0.05, 0.1) is 5.52 Å². The highest BCUT2D eigenvalue weighted by atomic mass is 16.1. The molecule has 1 N–H and O–H groups in total. The van der Waals surface area contributed by atoms with Crippen LogP contribution >= 0.6 is 0 Å². The maximum absolute atomic E-state index is 13.4. The zero-order chi connectivity index (χ0) is 20.0. The highest BCUT2D eigenvalue weighted by molar-refractivity contribution is 6.38. The van der Waals surface area contributed by atoms with E-state index in [0.717, 1.165) is 5.56 Å². The molecule has 5 rings (SSSR count). The number of nitrogens with zero attached hydrogens (tertiary/aromatic N) is 3. The van der Waals surface area contributed by atoms with Crippen molar-refractivity contribution in [1.29, 1.82) is 0 Å². The fourth-order valence-corrected chi connectivity index (χ4v) is 3.50. The number of rotatable bonds is 3. The first-order valence-electron chi connectivity index (χ1n) is 9.21. The number of para-hydroxylation sites is 1. The topological polar surface area (TPSA) is 76.9 Å². The Morgan fingerprint density at radius 3 is 2.21 bits per heavy atom. The second-order valence-corrected chi connectivity index (χ2v) is 6.91. The molecule has 29 heavy (non-hydrogen) atoms. The maximum Gasteiger partial charge on any atom is 0.214 e. The van der Waals surface area contributed by atoms with Gasteiger partial charge in [-0.15, -0.1) is 5.10 Å². The molecule has 0 fully saturated rings. The normalized spacial score (nSPS) is 13.7. The van der Waals surface area contributed by atoms with E-state index in [-0.39, 0.29) is 23.0 Å². The van der Waals surface area contributed by atoms with Crippen LogP contribution in [-0.4, -0.2) is 26.6 Å². The molecule has 4 aromatic rings. The van der Waals surface area contributed by atoms with Crippen molar-refractivity contribution < 1.29 is 9.59 Å². The molecular formula is C23H16N4O2. The lowest BCUT2D eigenvalue weighted by atomic mass is 9.90. The fraction of sp³-hybridized carbons (Fsp3) is 0.0435. The predicted octanol–water partition coefficient (Wildman–Crippen LogP) is 4.10. The van der Waals surface area contributed by atoms with Crippen LogP contribution < -0.4 is 5.32 Å². The van der Waals surface area contributed by atoms with Crippen LogP contribution in [0.2, 0.25) is 0 Å². The average Bonchev–Trinajstić information content (AvgIpc) is 3.17. The third-order valence-electron chi connectivity index (χ3n) is 4.98. The first-order chi connectivity index (χ1) is 14.1. The van der Waals surface area contributed by atoms with Crippen molar-refractivity contribution in [3.63, 3.8) is 0 Å². The largest absolute Gasteiger partial charge is 0.350 e. The molecule has 0 aliphatic heterocycles. The second-order valence-electron chi connectivity index (χ2n) is 6.91. The Morgan fingerprint density at radius 1 is 0.793 bits per heavy atom. The number of aryl methyl sites for hydroxylation is 1. The summed E-state index contributed by atoms with van der Waals surface area (Å²) < 4.78 is 1.45. The Labute approximate surface area is 166 Å². The van der Waals surface area contributed by atoms with Crippen molar-refractivity contribution in [3.8, 4) is 0 Å².